The molecule has 0 radical (unpaired) electrons. The predicted molar refractivity (Wildman–Crippen MR) is 381 cm³/mol. The van der Waals surface area contributed by atoms with Crippen molar-refractivity contribution in [2.75, 3.05) is 26.2 Å². The van der Waals surface area contributed by atoms with Crippen molar-refractivity contribution in [2.24, 2.45) is 0 Å². The Morgan fingerprint density at radius 2 is 1.09 bits per heavy atom. The van der Waals surface area contributed by atoms with Crippen LogP contribution in [0.3, 0.4) is 0 Å². The van der Waals surface area contributed by atoms with Gasteiger partial charge >= 0.3 is 19.7 Å². The van der Waals surface area contributed by atoms with Gasteiger partial charge in [-0.1, -0.05) is 217 Å². The zero-order valence-corrected chi connectivity index (χ0v) is 55.0. The van der Waals surface area contributed by atoms with Gasteiger partial charge in [-0.15, -0.1) is 0 Å². The molecule has 14 nitrogen and oxygen atoms in total. The summed E-state index contributed by atoms with van der Waals surface area (Å²) in [6, 6.07) is 60.8. The van der Waals surface area contributed by atoms with Gasteiger partial charge < -0.3 is 18.6 Å². The van der Waals surface area contributed by atoms with Crippen LogP contribution in [0.5, 0.6) is 5.75 Å². The van der Waals surface area contributed by atoms with Crippen LogP contribution >= 0.6 is 46.4 Å². The Hall–Kier alpha value is -10.2. The molecule has 0 aliphatic carbocycles. The third-order valence-electron chi connectivity index (χ3n) is 17.4. The molecule has 0 spiro atoms. The summed E-state index contributed by atoms with van der Waals surface area (Å²) in [5, 5.41) is 15.5. The Morgan fingerprint density at radius 3 is 1.59 bits per heavy atom. The van der Waals surface area contributed by atoms with E-state index in [9.17, 15) is 26.2 Å². The van der Waals surface area contributed by atoms with Gasteiger partial charge in [0.05, 0.1) is 82.7 Å². The van der Waals surface area contributed by atoms with Crippen LogP contribution in [-0.4, -0.2) is 96.4 Å². The zero-order chi connectivity index (χ0) is 66.2. The molecule has 464 valence electrons. The second kappa shape index (κ2) is 27.1. The van der Waals surface area contributed by atoms with Gasteiger partial charge in [0.1, 0.15) is 23.1 Å². The molecule has 20 heteroatoms. The molecule has 8 aromatic carbocycles. The summed E-state index contributed by atoms with van der Waals surface area (Å²) < 4.78 is 10.6. The molecule has 1 aliphatic heterocycles. The van der Waals surface area contributed by atoms with Crippen LogP contribution in [0.1, 0.15) is 88.2 Å². The maximum Gasteiger partial charge on any atom is 0.343 e. The summed E-state index contributed by atoms with van der Waals surface area (Å²) in [6.45, 7) is 19.2. The van der Waals surface area contributed by atoms with Crippen molar-refractivity contribution in [3.05, 3.63) is 276 Å². The minimum absolute atomic E-state index is 0.0810. The summed E-state index contributed by atoms with van der Waals surface area (Å²) in [6.07, 6.45) is 3.75. The molecule has 0 saturated heterocycles. The molecule has 95 heavy (non-hydrogen) atoms. The number of imide groups is 1. The third kappa shape index (κ3) is 11.9. The number of hydrogen-bond donors (Lipinski definition) is 0. The van der Waals surface area contributed by atoms with E-state index in [0.717, 1.165) is 47.2 Å². The first-order chi connectivity index (χ1) is 46.2. The first-order valence-electron chi connectivity index (χ1n) is 31.0. The molecule has 4 aromatic heterocycles. The first kappa shape index (κ1) is 63.6. The highest BCUT2D eigenvalue weighted by Gasteiger charge is 2.39. The van der Waals surface area contributed by atoms with Crippen molar-refractivity contribution in [2.45, 2.75) is 40.0 Å². The van der Waals surface area contributed by atoms with Crippen molar-refractivity contribution in [3.63, 3.8) is 0 Å². The fourth-order valence-corrected chi connectivity index (χ4v) is 13.6. The van der Waals surface area contributed by atoms with Gasteiger partial charge in [-0.3, -0.25) is 29.4 Å². The molecule has 5 heterocycles. The number of fused-ring (bicyclic) bond motifs is 4. The number of carbonyl (C=O) groups is 3. The van der Waals surface area contributed by atoms with Crippen LogP contribution in [0.25, 0.3) is 60.2 Å². The molecule has 13 rings (SSSR count). The minimum atomic E-state index is -0.750. The number of hydrogen-bond acceptors (Lipinski definition) is 10. The van der Waals surface area contributed by atoms with E-state index in [1.165, 1.54) is 23.1 Å². The fourth-order valence-electron chi connectivity index (χ4n) is 13.0. The van der Waals surface area contributed by atoms with E-state index < -0.39 is 31.5 Å². The maximum absolute atomic E-state index is 14.4. The molecule has 0 atom stereocenters. The topological polar surface area (TPSA) is 156 Å². The third-order valence-corrected chi connectivity index (χ3v) is 18.8. The van der Waals surface area contributed by atoms with Crippen LogP contribution in [0.15, 0.2) is 200 Å². The number of nitrogens with zero attached hydrogens (tertiary/aromatic N) is 10. The predicted octanol–water partition coefficient (Wildman–Crippen LogP) is 12.4. The van der Waals surface area contributed by atoms with Crippen LogP contribution < -0.4 is 37.3 Å². The first-order valence-corrected chi connectivity index (χ1v) is 32.5. The molecule has 0 N–H and O–H groups in total. The van der Waals surface area contributed by atoms with E-state index in [1.807, 2.05) is 109 Å². The lowest BCUT2D eigenvalue weighted by molar-refractivity contribution is 0.0647. The Bertz CT molecular complexity index is 5060. The minimum Gasteiger partial charge on any atom is -0.423 e. The Labute approximate surface area is 568 Å². The summed E-state index contributed by atoms with van der Waals surface area (Å²) in [4.78, 5) is 70.0. The van der Waals surface area contributed by atoms with E-state index in [-0.39, 0.29) is 72.6 Å². The van der Waals surface area contributed by atoms with E-state index in [1.54, 1.807) is 48.8 Å². The number of esters is 1. The summed E-state index contributed by atoms with van der Waals surface area (Å²) in [5.41, 5.74) is 8.27. The highest BCUT2D eigenvalue weighted by molar-refractivity contribution is 6.85. The van der Waals surface area contributed by atoms with Gasteiger partial charge in [-0.05, 0) is 104 Å². The number of nitriles is 1. The van der Waals surface area contributed by atoms with Gasteiger partial charge in [0, 0.05) is 40.3 Å². The molecule has 0 unspecified atom stereocenters. The van der Waals surface area contributed by atoms with Gasteiger partial charge in [0.15, 0.2) is 0 Å². The van der Waals surface area contributed by atoms with Crippen molar-refractivity contribution < 1.29 is 19.1 Å². The number of halogens is 4. The molecule has 0 bridgehead atoms. The van der Waals surface area contributed by atoms with Crippen LogP contribution in [-0.2, 0) is 0 Å². The SMILES string of the molecule is [C-]#[N+]/C(c1cnc2cc(Cl)c(Cl)cc2n1)=c1\c2c(C(C)C)n(B(c3ccccc3)c3ccccc3)/c(=C(/C#N)c3cnc4cc(Cl)c(Cl)cc4n3)c2c(-c2ccc(OC(=O)c3ccc4c(c3)C(=O)N(CCCN(CC)CC)C4=O)cc2)n1B(c1ccccc1)c1ccccc1. The standard InChI is InChI=1S/C75H56B2Cl4N10O4/c1-6-88(7-2)35-20-36-89-73(92)53-34-31-47(37-54(53)74(89)93)75(94)95-52-32-29-46(30-33-52)70-67-66(72(68(83-5)65-44-85-61-39-57(79)59(81)41-63(61)87-65)91(70)77(50-25-16-10-17-26-50)51-27-18-11-19-28-51)69(45(3)4)90(76(48-21-12-8-13-22-48)49-23-14-9-15-24-49)71(67)55(42-82)64-43-84-60-38-56(78)58(80)40-62(60)86-64/h8-19,21-34,37-41,43-45H,6-7,20,35-36H2,1-4H3/b71-55-,72-68+. The number of carbonyl (C=O) groups excluding carboxylic acids is 3. The van der Waals surface area contributed by atoms with E-state index in [4.69, 9.17) is 71.1 Å². The van der Waals surface area contributed by atoms with Crippen LogP contribution in [0, 0.1) is 17.9 Å². The average molecular weight is 1320 g/mol. The lowest BCUT2D eigenvalue weighted by Crippen LogP contribution is -2.54. The molecule has 12 aromatic rings. The lowest BCUT2D eigenvalue weighted by Gasteiger charge is -2.25. The Balaban J connectivity index is 1.15. The average Bonchev–Trinajstić information content (AvgIpc) is 1.53. The Morgan fingerprint density at radius 1 is 0.611 bits per heavy atom. The monoisotopic (exact) mass is 1320 g/mol. The van der Waals surface area contributed by atoms with Crippen molar-refractivity contribution in [1.29, 1.82) is 5.26 Å². The van der Waals surface area contributed by atoms with Gasteiger partial charge in [0.2, 0.25) is 5.70 Å². The van der Waals surface area contributed by atoms with Crippen molar-refractivity contribution in [3.8, 4) is 23.1 Å². The maximum atomic E-state index is 14.4. The molecule has 0 saturated carbocycles. The Kier molecular flexibility index (Phi) is 18.1. The van der Waals surface area contributed by atoms with Crippen LogP contribution in [0.2, 0.25) is 20.1 Å². The zero-order valence-electron chi connectivity index (χ0n) is 51.9. The van der Waals surface area contributed by atoms with Gasteiger partial charge in [-0.2, -0.15) is 5.26 Å². The second-order valence-corrected chi connectivity index (χ2v) is 24.9. The van der Waals surface area contributed by atoms with Crippen molar-refractivity contribution >= 4 is 144 Å². The highest BCUT2D eigenvalue weighted by atomic mass is 35.5. The summed E-state index contributed by atoms with van der Waals surface area (Å²) in [5.74, 6) is -1.81. The number of ether oxygens (including phenoxy) is 1. The largest absolute Gasteiger partial charge is 0.423 e. The molecular weight excluding hydrogens is 1270 g/mol. The number of aromatic nitrogens is 6. The second-order valence-electron chi connectivity index (χ2n) is 23.3. The van der Waals surface area contributed by atoms with E-state index >= 15 is 0 Å². The number of amides is 2. The van der Waals surface area contributed by atoms with Gasteiger partial charge in [-0.25, -0.2) is 14.6 Å². The highest BCUT2D eigenvalue weighted by Crippen LogP contribution is 2.37. The molecule has 1 aliphatic rings. The normalized spacial score (nSPS) is 12.8. The molecule has 0 fully saturated rings. The quantitative estimate of drug-likeness (QED) is 0.0266. The van der Waals surface area contributed by atoms with Gasteiger partial charge in [0.25, 0.3) is 11.8 Å². The van der Waals surface area contributed by atoms with E-state index in [2.05, 4.69) is 76.7 Å². The number of rotatable bonds is 18. The number of benzene rings is 8. The van der Waals surface area contributed by atoms with E-state index in [0.29, 0.717) is 66.2 Å². The van der Waals surface area contributed by atoms with Crippen molar-refractivity contribution in [1.82, 2.24) is 38.7 Å². The smallest absolute Gasteiger partial charge is 0.343 e. The summed E-state index contributed by atoms with van der Waals surface area (Å²) in [7, 11) is 0. The molecular formula is C75H56B2Cl4N10O4. The summed E-state index contributed by atoms with van der Waals surface area (Å²) >= 11 is 26.6. The molecule has 2 amide bonds. The fraction of sp³-hybridized carbons (Fsp3) is 0.133. The lowest BCUT2D eigenvalue weighted by atomic mass is 9.50. The van der Waals surface area contributed by atoms with Crippen LogP contribution in [0.4, 0.5) is 0 Å².